The Hall–Kier alpha value is -1.87. The molecule has 0 spiro atoms. The average Bonchev–Trinajstić information content (AvgIpc) is 3.33. The Labute approximate surface area is 428 Å². The lowest BCUT2D eigenvalue weighted by Gasteiger charge is -2.26. The maximum Gasteiger partial charge on any atom is 0.410 e. The van der Waals surface area contributed by atoms with Gasteiger partial charge in [0.25, 0.3) is 0 Å². The van der Waals surface area contributed by atoms with E-state index >= 15 is 0 Å². The highest BCUT2D eigenvalue weighted by Crippen LogP contribution is 2.22. The van der Waals surface area contributed by atoms with E-state index < -0.39 is 0 Å². The van der Waals surface area contributed by atoms with Crippen molar-refractivity contribution in [1.82, 2.24) is 9.80 Å². The van der Waals surface area contributed by atoms with E-state index in [1.165, 1.54) is 89.9 Å². The van der Waals surface area contributed by atoms with Gasteiger partial charge < -0.3 is 29.1 Å². The van der Waals surface area contributed by atoms with Gasteiger partial charge in [-0.2, -0.15) is 0 Å². The van der Waals surface area contributed by atoms with Gasteiger partial charge >= 0.3 is 18.0 Å². The minimum Gasteiger partial charge on any atom is -0.462 e. The second-order valence-corrected chi connectivity index (χ2v) is 21.3. The van der Waals surface area contributed by atoms with E-state index in [-0.39, 0.29) is 43.0 Å². The molecule has 1 amide bonds. The number of aliphatic hydroxyl groups excluding tert-OH is 1. The highest BCUT2D eigenvalue weighted by molar-refractivity contribution is 5.70. The van der Waals surface area contributed by atoms with Crippen LogP contribution in [0.25, 0.3) is 0 Å². The third-order valence-corrected chi connectivity index (χ3v) is 14.1. The molecule has 69 heavy (non-hydrogen) atoms. The monoisotopic (exact) mass is 979 g/mol. The molecule has 0 aromatic heterocycles. The largest absolute Gasteiger partial charge is 0.462 e. The molecule has 0 saturated carbocycles. The Kier molecular flexibility index (Phi) is 51.0. The van der Waals surface area contributed by atoms with Gasteiger partial charge in [-0.3, -0.25) is 9.59 Å². The third-order valence-electron chi connectivity index (χ3n) is 14.1. The van der Waals surface area contributed by atoms with Crippen LogP contribution in [0.3, 0.4) is 0 Å². The van der Waals surface area contributed by atoms with Gasteiger partial charge in [0.05, 0.1) is 0 Å². The van der Waals surface area contributed by atoms with E-state index in [1.807, 2.05) is 4.90 Å². The number of rotatable bonds is 54. The van der Waals surface area contributed by atoms with E-state index in [1.54, 1.807) is 0 Å². The second-order valence-electron chi connectivity index (χ2n) is 21.3. The molecule has 0 saturated heterocycles. The maximum absolute atomic E-state index is 13.8. The van der Waals surface area contributed by atoms with Crippen LogP contribution >= 0.6 is 0 Å². The van der Waals surface area contributed by atoms with Gasteiger partial charge in [-0.05, 0) is 130 Å². The highest BCUT2D eigenvalue weighted by atomic mass is 16.6. The van der Waals surface area contributed by atoms with Crippen molar-refractivity contribution in [1.29, 1.82) is 0 Å². The standard InChI is InChI=1S/C60H118N2O7/c1-7-11-15-32-43-55(44-33-16-12-8-2)67-58(64)49-38-28-22-20-26-36-47-57(69-60(66)62(53-42-51-61(5)6)52-40-30-24-19-25-31-41-54-63)48-37-27-21-23-29-39-50-59(65)68-56(45-34-17-13-9-3)46-35-18-14-10-4/h55-57,63H,7-54H2,1-6H3. The summed E-state index contributed by atoms with van der Waals surface area (Å²) in [6, 6.07) is 0. The van der Waals surface area contributed by atoms with Gasteiger partial charge in [-0.1, -0.05) is 188 Å². The molecular formula is C60H118N2O7. The predicted octanol–water partition coefficient (Wildman–Crippen LogP) is 17.4. The van der Waals surface area contributed by atoms with Gasteiger partial charge in [0.15, 0.2) is 0 Å². The summed E-state index contributed by atoms with van der Waals surface area (Å²) in [7, 11) is 4.17. The second kappa shape index (κ2) is 52.5. The summed E-state index contributed by atoms with van der Waals surface area (Å²) >= 11 is 0. The number of nitrogens with zero attached hydrogens (tertiary/aromatic N) is 2. The zero-order valence-corrected chi connectivity index (χ0v) is 47.0. The summed E-state index contributed by atoms with van der Waals surface area (Å²) in [5.41, 5.74) is 0. The number of unbranched alkanes of at least 4 members (excludes halogenated alkanes) is 28. The van der Waals surface area contributed by atoms with Crippen LogP contribution in [0.5, 0.6) is 0 Å². The fourth-order valence-corrected chi connectivity index (χ4v) is 9.56. The first kappa shape index (κ1) is 67.1. The van der Waals surface area contributed by atoms with Crippen LogP contribution in [0.2, 0.25) is 0 Å². The zero-order valence-electron chi connectivity index (χ0n) is 47.0. The number of hydrogen-bond donors (Lipinski definition) is 1. The molecule has 410 valence electrons. The SMILES string of the molecule is CCCCCCC(CCCCCC)OC(=O)CCCCCCCCC(CCCCCCCCC(=O)OC(CCCCCC)CCCCCC)OC(=O)N(CCCCCCCCCO)CCCN(C)C. The van der Waals surface area contributed by atoms with E-state index in [9.17, 15) is 14.4 Å². The number of amides is 1. The molecule has 0 aliphatic heterocycles. The minimum absolute atomic E-state index is 0.00867. The lowest BCUT2D eigenvalue weighted by molar-refractivity contribution is -0.151. The Morgan fingerprint density at radius 3 is 0.986 bits per heavy atom. The van der Waals surface area contributed by atoms with E-state index in [4.69, 9.17) is 19.3 Å². The topological polar surface area (TPSA) is 106 Å². The van der Waals surface area contributed by atoms with Crippen molar-refractivity contribution < 1.29 is 33.7 Å². The van der Waals surface area contributed by atoms with Crippen LogP contribution in [0, 0.1) is 0 Å². The van der Waals surface area contributed by atoms with Crippen LogP contribution in [0.15, 0.2) is 0 Å². The number of carbonyl (C=O) groups excluding carboxylic acids is 3. The zero-order chi connectivity index (χ0) is 50.7. The molecule has 0 fully saturated rings. The lowest BCUT2D eigenvalue weighted by atomic mass is 10.0. The van der Waals surface area contributed by atoms with Gasteiger partial charge in [0, 0.05) is 32.5 Å². The third kappa shape index (κ3) is 46.9. The smallest absolute Gasteiger partial charge is 0.410 e. The number of esters is 2. The number of ether oxygens (including phenoxy) is 3. The summed E-state index contributed by atoms with van der Waals surface area (Å²) in [4.78, 5) is 43.6. The quantitative estimate of drug-likeness (QED) is 0.0365. The maximum atomic E-state index is 13.8. The molecule has 0 atom stereocenters. The van der Waals surface area contributed by atoms with Gasteiger partial charge in [0.2, 0.25) is 0 Å². The Balaban J connectivity index is 5.08. The fraction of sp³-hybridized carbons (Fsp3) is 0.950. The van der Waals surface area contributed by atoms with Crippen molar-refractivity contribution in [3.63, 3.8) is 0 Å². The number of hydrogen-bond acceptors (Lipinski definition) is 8. The highest BCUT2D eigenvalue weighted by Gasteiger charge is 2.21. The first-order chi connectivity index (χ1) is 33.7. The number of carbonyl (C=O) groups is 3. The van der Waals surface area contributed by atoms with Crippen LogP contribution in [-0.4, -0.2) is 91.6 Å². The van der Waals surface area contributed by atoms with Gasteiger partial charge in [0.1, 0.15) is 18.3 Å². The molecular weight excluding hydrogens is 861 g/mol. The van der Waals surface area contributed by atoms with Crippen LogP contribution < -0.4 is 0 Å². The Bertz CT molecular complexity index is 1020. The fourth-order valence-electron chi connectivity index (χ4n) is 9.56. The molecule has 0 unspecified atom stereocenters. The first-order valence-corrected chi connectivity index (χ1v) is 30.3. The van der Waals surface area contributed by atoms with Crippen LogP contribution in [0.1, 0.15) is 310 Å². The van der Waals surface area contributed by atoms with Crippen molar-refractivity contribution in [2.45, 2.75) is 329 Å². The van der Waals surface area contributed by atoms with Crippen molar-refractivity contribution in [2.24, 2.45) is 0 Å². The molecule has 9 nitrogen and oxygen atoms in total. The molecule has 9 heteroatoms. The van der Waals surface area contributed by atoms with Crippen molar-refractivity contribution in [2.75, 3.05) is 40.3 Å². The normalized spacial score (nSPS) is 11.7. The molecule has 0 aliphatic carbocycles. The molecule has 1 N–H and O–H groups in total. The summed E-state index contributed by atoms with van der Waals surface area (Å²) in [5.74, 6) is -0.0173. The van der Waals surface area contributed by atoms with Crippen molar-refractivity contribution in [3.05, 3.63) is 0 Å². The summed E-state index contributed by atoms with van der Waals surface area (Å²) in [5, 5.41) is 9.09. The van der Waals surface area contributed by atoms with E-state index in [0.29, 0.717) is 12.8 Å². The molecule has 0 aromatic carbocycles. The Morgan fingerprint density at radius 1 is 0.348 bits per heavy atom. The van der Waals surface area contributed by atoms with Gasteiger partial charge in [-0.15, -0.1) is 0 Å². The van der Waals surface area contributed by atoms with Crippen molar-refractivity contribution in [3.8, 4) is 0 Å². The summed E-state index contributed by atoms with van der Waals surface area (Å²) in [6.45, 7) is 11.6. The summed E-state index contributed by atoms with van der Waals surface area (Å²) < 4.78 is 18.4. The van der Waals surface area contributed by atoms with Crippen LogP contribution in [-0.2, 0) is 23.8 Å². The molecule has 0 aliphatic rings. The molecule has 0 aromatic rings. The van der Waals surface area contributed by atoms with E-state index in [0.717, 1.165) is 199 Å². The molecule has 0 rings (SSSR count). The molecule has 0 bridgehead atoms. The molecule has 0 heterocycles. The minimum atomic E-state index is -0.145. The Morgan fingerprint density at radius 2 is 0.638 bits per heavy atom. The van der Waals surface area contributed by atoms with Crippen LogP contribution in [0.4, 0.5) is 4.79 Å². The predicted molar refractivity (Wildman–Crippen MR) is 293 cm³/mol. The van der Waals surface area contributed by atoms with Gasteiger partial charge in [-0.25, -0.2) is 4.79 Å². The lowest BCUT2D eigenvalue weighted by Crippen LogP contribution is -2.37. The summed E-state index contributed by atoms with van der Waals surface area (Å²) in [6.07, 6.45) is 47.6. The number of aliphatic hydroxyl groups is 1. The van der Waals surface area contributed by atoms with E-state index in [2.05, 4.69) is 46.7 Å². The average molecular weight is 980 g/mol. The van der Waals surface area contributed by atoms with Crippen molar-refractivity contribution >= 4 is 18.0 Å². The first-order valence-electron chi connectivity index (χ1n) is 30.3. The molecule has 0 radical (unpaired) electrons.